The zero-order chi connectivity index (χ0) is 19.9. The smallest absolute Gasteiger partial charge is 0.307 e. The monoisotopic (exact) mass is 444 g/mol. The van der Waals surface area contributed by atoms with Crippen LogP contribution in [0.25, 0.3) is 11.1 Å². The van der Waals surface area contributed by atoms with E-state index in [-0.39, 0.29) is 25.7 Å². The van der Waals surface area contributed by atoms with E-state index >= 15 is 0 Å². The zero-order valence-electron chi connectivity index (χ0n) is 15.5. The predicted octanol–water partition coefficient (Wildman–Crippen LogP) is 6.19. The first kappa shape index (κ1) is 23.1. The van der Waals surface area contributed by atoms with Gasteiger partial charge in [-0.15, -0.1) is 11.8 Å². The van der Waals surface area contributed by atoms with E-state index in [4.69, 9.17) is 11.6 Å². The second-order valence-corrected chi connectivity index (χ2v) is 7.90. The Kier molecular flexibility index (Phi) is 8.83. The number of hydrogen-bond donors (Lipinski definition) is 1. The molecule has 0 aromatic heterocycles. The molecule has 3 nitrogen and oxygen atoms in total. The van der Waals surface area contributed by atoms with Crippen LogP contribution in [0.3, 0.4) is 0 Å². The topological polar surface area (TPSA) is 54.4 Å². The van der Waals surface area contributed by atoms with Crippen LogP contribution in [0.15, 0.2) is 83.8 Å². The Labute approximate surface area is 186 Å². The number of carboxylic acid groups (broad SMARTS) is 1. The maximum atomic E-state index is 12.6. The van der Waals surface area contributed by atoms with Crippen LogP contribution in [0, 0.1) is 5.92 Å². The van der Waals surface area contributed by atoms with Crippen molar-refractivity contribution < 1.29 is 14.7 Å². The number of benzene rings is 3. The largest absolute Gasteiger partial charge is 0.481 e. The lowest BCUT2D eigenvalue weighted by atomic mass is 9.97. The first-order valence-electron chi connectivity index (χ1n) is 8.83. The summed E-state index contributed by atoms with van der Waals surface area (Å²) in [6.45, 7) is 0. The van der Waals surface area contributed by atoms with E-state index < -0.39 is 11.9 Å². The van der Waals surface area contributed by atoms with Gasteiger partial charge in [0.15, 0.2) is 5.78 Å². The molecule has 0 aliphatic rings. The van der Waals surface area contributed by atoms with Gasteiger partial charge in [-0.25, -0.2) is 0 Å². The molecule has 29 heavy (non-hydrogen) atoms. The molecule has 0 bridgehead atoms. The number of carbonyl (C=O) groups is 2. The Balaban J connectivity index is 0.00000300. The second kappa shape index (κ2) is 11.1. The molecule has 0 unspecified atom stereocenters. The molecule has 0 saturated carbocycles. The number of aliphatic carboxylic acids is 1. The molecule has 1 atom stereocenters. The third-order valence-corrected chi connectivity index (χ3v) is 5.79. The summed E-state index contributed by atoms with van der Waals surface area (Å²) >= 11 is 7.36. The van der Waals surface area contributed by atoms with Crippen molar-refractivity contribution in [2.75, 3.05) is 5.75 Å². The van der Waals surface area contributed by atoms with E-state index in [0.29, 0.717) is 16.3 Å². The summed E-state index contributed by atoms with van der Waals surface area (Å²) in [6.07, 6.45) is -0.0184. The van der Waals surface area contributed by atoms with Crippen LogP contribution in [0.2, 0.25) is 5.02 Å². The lowest BCUT2D eigenvalue weighted by molar-refractivity contribution is -0.140. The van der Waals surface area contributed by atoms with E-state index in [0.717, 1.165) is 16.0 Å². The maximum absolute atomic E-state index is 12.6. The molecule has 150 valence electrons. The Bertz CT molecular complexity index is 942. The van der Waals surface area contributed by atoms with E-state index in [1.165, 1.54) is 11.8 Å². The summed E-state index contributed by atoms with van der Waals surface area (Å²) in [5.41, 5.74) is 2.50. The maximum Gasteiger partial charge on any atom is 0.307 e. The number of carbonyl (C=O) groups excluding carboxylic acids is 1. The highest BCUT2D eigenvalue weighted by Crippen LogP contribution is 2.25. The van der Waals surface area contributed by atoms with Gasteiger partial charge in [0.1, 0.15) is 0 Å². The Hall–Kier alpha value is -2.21. The van der Waals surface area contributed by atoms with E-state index in [1.54, 1.807) is 12.1 Å². The fourth-order valence-electron chi connectivity index (χ4n) is 2.76. The third kappa shape index (κ3) is 6.67. The molecular formula is C23H21ClO3S2. The highest BCUT2D eigenvalue weighted by atomic mass is 35.5. The number of thioether (sulfide) groups is 1. The predicted molar refractivity (Wildman–Crippen MR) is 125 cm³/mol. The highest BCUT2D eigenvalue weighted by Gasteiger charge is 2.22. The second-order valence-electron chi connectivity index (χ2n) is 6.37. The van der Waals surface area contributed by atoms with E-state index in [1.807, 2.05) is 66.7 Å². The van der Waals surface area contributed by atoms with Gasteiger partial charge in [0.05, 0.1) is 5.92 Å². The molecule has 0 spiro atoms. The fourth-order valence-corrected chi connectivity index (χ4v) is 3.89. The van der Waals surface area contributed by atoms with Crippen molar-refractivity contribution in [1.82, 2.24) is 0 Å². The summed E-state index contributed by atoms with van der Waals surface area (Å²) in [7, 11) is 0. The summed E-state index contributed by atoms with van der Waals surface area (Å²) in [5.74, 6) is -1.49. The van der Waals surface area contributed by atoms with Gasteiger partial charge in [-0.3, -0.25) is 9.59 Å². The van der Waals surface area contributed by atoms with Gasteiger partial charge < -0.3 is 5.11 Å². The van der Waals surface area contributed by atoms with Crippen LogP contribution in [-0.2, 0) is 4.79 Å². The van der Waals surface area contributed by atoms with Gasteiger partial charge in [0, 0.05) is 27.7 Å². The first-order valence-corrected chi connectivity index (χ1v) is 10.2. The number of carboxylic acids is 1. The normalized spacial score (nSPS) is 11.3. The van der Waals surface area contributed by atoms with Crippen molar-refractivity contribution in [2.45, 2.75) is 11.3 Å². The van der Waals surface area contributed by atoms with Crippen molar-refractivity contribution in [3.8, 4) is 11.1 Å². The average molecular weight is 445 g/mol. The molecule has 0 heterocycles. The van der Waals surface area contributed by atoms with Crippen LogP contribution in [-0.4, -0.2) is 22.6 Å². The summed E-state index contributed by atoms with van der Waals surface area (Å²) in [5, 5.41) is 10.2. The van der Waals surface area contributed by atoms with Gasteiger partial charge in [0.25, 0.3) is 0 Å². The number of ketones is 1. The van der Waals surface area contributed by atoms with Crippen LogP contribution in [0.1, 0.15) is 16.8 Å². The van der Waals surface area contributed by atoms with Crippen molar-refractivity contribution in [3.63, 3.8) is 0 Å². The molecule has 3 aromatic carbocycles. The average Bonchev–Trinajstić information content (AvgIpc) is 2.72. The molecule has 0 aliphatic heterocycles. The Morgan fingerprint density at radius 2 is 1.41 bits per heavy atom. The quantitative estimate of drug-likeness (QED) is 0.332. The van der Waals surface area contributed by atoms with E-state index in [9.17, 15) is 14.7 Å². The summed E-state index contributed by atoms with van der Waals surface area (Å²) in [4.78, 5) is 25.1. The van der Waals surface area contributed by atoms with Crippen molar-refractivity contribution >= 4 is 48.6 Å². The van der Waals surface area contributed by atoms with Crippen LogP contribution in [0.5, 0.6) is 0 Å². The van der Waals surface area contributed by atoms with Crippen molar-refractivity contribution in [1.29, 1.82) is 0 Å². The van der Waals surface area contributed by atoms with Crippen molar-refractivity contribution in [2.24, 2.45) is 5.92 Å². The minimum absolute atomic E-state index is 0. The number of hydrogen-bond acceptors (Lipinski definition) is 3. The zero-order valence-corrected chi connectivity index (χ0v) is 18.1. The van der Waals surface area contributed by atoms with Crippen molar-refractivity contribution in [3.05, 3.63) is 89.4 Å². The Morgan fingerprint density at radius 1 is 0.862 bits per heavy atom. The molecular weight excluding hydrogens is 424 g/mol. The standard InChI is InChI=1S/C23H19ClO3S.H2S/c24-20-12-10-17(11-13-20)16-6-8-18(9-7-16)22(25)14-19(23(26)27)15-28-21-4-2-1-3-5-21;/h1-13,19H,14-15H2,(H,26,27);1H2/t19-;/m1./s1. The molecule has 3 aromatic rings. The lowest BCUT2D eigenvalue weighted by Crippen LogP contribution is -2.20. The molecule has 0 fully saturated rings. The first-order chi connectivity index (χ1) is 13.5. The molecule has 0 amide bonds. The molecule has 0 radical (unpaired) electrons. The number of rotatable bonds is 8. The third-order valence-electron chi connectivity index (χ3n) is 4.36. The minimum atomic E-state index is -0.949. The Morgan fingerprint density at radius 3 is 1.97 bits per heavy atom. The van der Waals surface area contributed by atoms with Crippen LogP contribution >= 0.6 is 36.9 Å². The minimum Gasteiger partial charge on any atom is -0.481 e. The molecule has 6 heteroatoms. The molecule has 0 aliphatic carbocycles. The van der Waals surface area contributed by atoms with Gasteiger partial charge in [-0.2, -0.15) is 13.5 Å². The van der Waals surface area contributed by atoms with E-state index in [2.05, 4.69) is 0 Å². The number of halogens is 1. The van der Waals surface area contributed by atoms with Crippen LogP contribution in [0.4, 0.5) is 0 Å². The fraction of sp³-hybridized carbons (Fsp3) is 0.130. The summed E-state index contributed by atoms with van der Waals surface area (Å²) < 4.78 is 0. The highest BCUT2D eigenvalue weighted by molar-refractivity contribution is 7.99. The van der Waals surface area contributed by atoms with Gasteiger partial charge in [0.2, 0.25) is 0 Å². The van der Waals surface area contributed by atoms with Gasteiger partial charge >= 0.3 is 5.97 Å². The molecule has 1 N–H and O–H groups in total. The van der Waals surface area contributed by atoms with Crippen LogP contribution < -0.4 is 0 Å². The summed E-state index contributed by atoms with van der Waals surface area (Å²) in [6, 6.07) is 24.3. The van der Waals surface area contributed by atoms with Gasteiger partial charge in [-0.1, -0.05) is 66.2 Å². The number of Topliss-reactive ketones (excluding diaryl/α,β-unsaturated/α-hetero) is 1. The lowest BCUT2D eigenvalue weighted by Gasteiger charge is -2.12. The van der Waals surface area contributed by atoms with Gasteiger partial charge in [-0.05, 0) is 35.4 Å². The SMILES string of the molecule is O=C(C[C@H](CSc1ccccc1)C(=O)O)c1ccc(-c2ccc(Cl)cc2)cc1.S. The molecule has 3 rings (SSSR count). The molecule has 0 saturated heterocycles.